The van der Waals surface area contributed by atoms with E-state index in [1.807, 2.05) is 4.90 Å². The lowest BCUT2D eigenvalue weighted by Gasteiger charge is -2.48. The van der Waals surface area contributed by atoms with Crippen LogP contribution >= 0.6 is 0 Å². The SMILES string of the molecule is C=CCN1C(=O)CC(C(=O)OC)C12CCN(C1CCCCCC1)CC2. The number of likely N-dealkylation sites (tertiary alicyclic amines) is 2. The van der Waals surface area contributed by atoms with Gasteiger partial charge < -0.3 is 14.5 Å². The molecule has 1 atom stereocenters. The lowest BCUT2D eigenvalue weighted by Crippen LogP contribution is -2.58. The average molecular weight is 348 g/mol. The van der Waals surface area contributed by atoms with Gasteiger partial charge >= 0.3 is 5.97 Å². The Morgan fingerprint density at radius 1 is 1.24 bits per heavy atom. The number of piperidine rings is 1. The summed E-state index contributed by atoms with van der Waals surface area (Å²) in [5.74, 6) is -0.498. The number of rotatable bonds is 4. The molecular weight excluding hydrogens is 316 g/mol. The smallest absolute Gasteiger partial charge is 0.311 e. The molecule has 2 heterocycles. The number of nitrogens with zero attached hydrogens (tertiary/aromatic N) is 2. The molecule has 5 heteroatoms. The van der Waals surface area contributed by atoms with Gasteiger partial charge in [0.1, 0.15) is 0 Å². The lowest BCUT2D eigenvalue weighted by molar-refractivity contribution is -0.150. The first-order valence-corrected chi connectivity index (χ1v) is 9.85. The Morgan fingerprint density at radius 3 is 2.44 bits per heavy atom. The standard InChI is InChI=1S/C20H32N2O3/c1-3-12-22-18(23)15-17(19(24)25-2)20(22)10-13-21(14-11-20)16-8-6-4-5-7-9-16/h3,16-17H,1,4-15H2,2H3. The van der Waals surface area contributed by atoms with Gasteiger partial charge in [0.15, 0.2) is 0 Å². The molecule has 2 saturated heterocycles. The van der Waals surface area contributed by atoms with Crippen LogP contribution in [0.5, 0.6) is 0 Å². The summed E-state index contributed by atoms with van der Waals surface area (Å²) in [6.07, 6.45) is 11.8. The van der Waals surface area contributed by atoms with Crippen LogP contribution in [-0.2, 0) is 14.3 Å². The van der Waals surface area contributed by atoms with Crippen LogP contribution in [-0.4, -0.2) is 60.0 Å². The maximum atomic E-state index is 12.6. The maximum absolute atomic E-state index is 12.6. The van der Waals surface area contributed by atoms with E-state index in [1.54, 1.807) is 6.08 Å². The molecule has 0 aromatic rings. The van der Waals surface area contributed by atoms with Crippen molar-refractivity contribution in [2.45, 2.75) is 69.4 Å². The highest BCUT2D eigenvalue weighted by atomic mass is 16.5. The zero-order valence-electron chi connectivity index (χ0n) is 15.5. The highest BCUT2D eigenvalue weighted by molar-refractivity contribution is 5.89. The number of esters is 1. The van der Waals surface area contributed by atoms with E-state index >= 15 is 0 Å². The summed E-state index contributed by atoms with van der Waals surface area (Å²) in [5.41, 5.74) is -0.375. The summed E-state index contributed by atoms with van der Waals surface area (Å²) in [6, 6.07) is 0.682. The van der Waals surface area contributed by atoms with E-state index in [2.05, 4.69) is 11.5 Å². The van der Waals surface area contributed by atoms with Crippen LogP contribution in [0.4, 0.5) is 0 Å². The second-order valence-corrected chi connectivity index (χ2v) is 7.86. The topological polar surface area (TPSA) is 49.9 Å². The summed E-state index contributed by atoms with van der Waals surface area (Å²) < 4.78 is 5.04. The predicted octanol–water partition coefficient (Wildman–Crippen LogP) is 2.75. The first kappa shape index (κ1) is 18.4. The lowest BCUT2D eigenvalue weighted by atomic mass is 9.76. The van der Waals surface area contributed by atoms with Crippen LogP contribution in [0, 0.1) is 5.92 Å². The number of hydrogen-bond donors (Lipinski definition) is 0. The Morgan fingerprint density at radius 2 is 1.88 bits per heavy atom. The zero-order valence-corrected chi connectivity index (χ0v) is 15.5. The van der Waals surface area contributed by atoms with Gasteiger partial charge in [0.2, 0.25) is 5.91 Å². The Bertz CT molecular complexity index is 503. The van der Waals surface area contributed by atoms with Gasteiger partial charge in [0, 0.05) is 32.1 Å². The second-order valence-electron chi connectivity index (χ2n) is 7.86. The summed E-state index contributed by atoms with van der Waals surface area (Å²) in [5, 5.41) is 0. The van der Waals surface area contributed by atoms with Crippen molar-refractivity contribution in [1.82, 2.24) is 9.80 Å². The highest BCUT2D eigenvalue weighted by Gasteiger charge is 2.56. The van der Waals surface area contributed by atoms with Crippen LogP contribution < -0.4 is 0 Å². The Balaban J connectivity index is 1.75. The van der Waals surface area contributed by atoms with Gasteiger partial charge in [-0.05, 0) is 25.7 Å². The van der Waals surface area contributed by atoms with Crippen LogP contribution in [0.3, 0.4) is 0 Å². The predicted molar refractivity (Wildman–Crippen MR) is 97.1 cm³/mol. The molecule has 1 amide bonds. The van der Waals surface area contributed by atoms with E-state index in [9.17, 15) is 9.59 Å². The van der Waals surface area contributed by atoms with Crippen LogP contribution in [0.25, 0.3) is 0 Å². The van der Waals surface area contributed by atoms with Crippen LogP contribution in [0.1, 0.15) is 57.8 Å². The van der Waals surface area contributed by atoms with Crippen molar-refractivity contribution in [3.63, 3.8) is 0 Å². The molecule has 3 rings (SSSR count). The maximum Gasteiger partial charge on any atom is 0.311 e. The molecule has 5 nitrogen and oxygen atoms in total. The van der Waals surface area contributed by atoms with E-state index in [0.29, 0.717) is 12.6 Å². The first-order valence-electron chi connectivity index (χ1n) is 9.85. The van der Waals surface area contributed by atoms with Gasteiger partial charge in [-0.2, -0.15) is 0 Å². The quantitative estimate of drug-likeness (QED) is 0.445. The number of carbonyl (C=O) groups is 2. The molecule has 1 aliphatic carbocycles. The molecule has 140 valence electrons. The van der Waals surface area contributed by atoms with Crippen molar-refractivity contribution >= 4 is 11.9 Å². The van der Waals surface area contributed by atoms with Gasteiger partial charge in [-0.15, -0.1) is 6.58 Å². The third-order valence-corrected chi connectivity index (χ3v) is 6.67. The molecular formula is C20H32N2O3. The Labute approximate surface area is 151 Å². The number of amides is 1. The monoisotopic (exact) mass is 348 g/mol. The zero-order chi connectivity index (χ0) is 17.9. The van der Waals surface area contributed by atoms with Crippen LogP contribution in [0.2, 0.25) is 0 Å². The van der Waals surface area contributed by atoms with E-state index in [0.717, 1.165) is 25.9 Å². The van der Waals surface area contributed by atoms with Crippen LogP contribution in [0.15, 0.2) is 12.7 Å². The van der Waals surface area contributed by atoms with Crippen molar-refractivity contribution in [1.29, 1.82) is 0 Å². The fraction of sp³-hybridized carbons (Fsp3) is 0.800. The van der Waals surface area contributed by atoms with Gasteiger partial charge in [0.25, 0.3) is 0 Å². The van der Waals surface area contributed by atoms with E-state index in [4.69, 9.17) is 4.74 Å². The summed E-state index contributed by atoms with van der Waals surface area (Å²) >= 11 is 0. The van der Waals surface area contributed by atoms with E-state index in [1.165, 1.54) is 45.6 Å². The van der Waals surface area contributed by atoms with E-state index in [-0.39, 0.29) is 29.8 Å². The normalized spacial score (nSPS) is 28.1. The molecule has 0 aromatic heterocycles. The fourth-order valence-corrected chi connectivity index (χ4v) is 5.29. The Hall–Kier alpha value is -1.36. The van der Waals surface area contributed by atoms with Gasteiger partial charge in [0.05, 0.1) is 18.6 Å². The van der Waals surface area contributed by atoms with E-state index < -0.39 is 0 Å². The molecule has 3 fully saturated rings. The summed E-state index contributed by atoms with van der Waals surface area (Å²) in [6.45, 7) is 6.27. The molecule has 1 unspecified atom stereocenters. The van der Waals surface area contributed by atoms with Gasteiger partial charge in [-0.3, -0.25) is 9.59 Å². The second kappa shape index (κ2) is 7.90. The molecule has 0 bridgehead atoms. The number of carbonyl (C=O) groups excluding carboxylic acids is 2. The fourth-order valence-electron chi connectivity index (χ4n) is 5.29. The van der Waals surface area contributed by atoms with Gasteiger partial charge in [-0.25, -0.2) is 0 Å². The Kier molecular flexibility index (Phi) is 5.82. The van der Waals surface area contributed by atoms with Crippen molar-refractivity contribution in [2.75, 3.05) is 26.7 Å². The van der Waals surface area contributed by atoms with Crippen molar-refractivity contribution in [3.8, 4) is 0 Å². The number of hydrogen-bond acceptors (Lipinski definition) is 4. The minimum atomic E-state index is -0.375. The van der Waals surface area contributed by atoms with Crippen molar-refractivity contribution < 1.29 is 14.3 Å². The highest BCUT2D eigenvalue weighted by Crippen LogP contribution is 2.44. The molecule has 0 radical (unpaired) electrons. The molecule has 0 aromatic carbocycles. The molecule has 3 aliphatic rings. The molecule has 1 saturated carbocycles. The molecule has 1 spiro atoms. The summed E-state index contributed by atoms with van der Waals surface area (Å²) in [4.78, 5) is 29.4. The number of methoxy groups -OCH3 is 1. The van der Waals surface area contributed by atoms with Crippen molar-refractivity contribution in [3.05, 3.63) is 12.7 Å². The largest absolute Gasteiger partial charge is 0.469 e. The molecule has 0 N–H and O–H groups in total. The first-order chi connectivity index (χ1) is 12.1. The minimum absolute atomic E-state index is 0.0678. The van der Waals surface area contributed by atoms with Gasteiger partial charge in [-0.1, -0.05) is 31.8 Å². The van der Waals surface area contributed by atoms with Crippen molar-refractivity contribution in [2.24, 2.45) is 5.92 Å². The number of ether oxygens (including phenoxy) is 1. The third-order valence-electron chi connectivity index (χ3n) is 6.67. The third kappa shape index (κ3) is 3.48. The summed E-state index contributed by atoms with van der Waals surface area (Å²) in [7, 11) is 1.43. The molecule has 25 heavy (non-hydrogen) atoms. The molecule has 2 aliphatic heterocycles. The average Bonchev–Trinajstić information content (AvgIpc) is 2.82. The minimum Gasteiger partial charge on any atom is -0.469 e.